The Morgan fingerprint density at radius 3 is 2.60 bits per heavy atom. The van der Waals surface area contributed by atoms with Crippen LogP contribution in [0, 0.1) is 0 Å². The number of fused-ring (bicyclic) bond motifs is 1. The van der Waals surface area contributed by atoms with Crippen molar-refractivity contribution in [1.29, 1.82) is 0 Å². The molecular formula is C11H11NO2S. The average molecular weight is 221 g/mol. The summed E-state index contributed by atoms with van der Waals surface area (Å²) >= 11 is 0. The van der Waals surface area contributed by atoms with Gasteiger partial charge < -0.3 is 0 Å². The molecule has 0 aliphatic rings. The summed E-state index contributed by atoms with van der Waals surface area (Å²) in [6, 6.07) is 9.84. The Bertz CT molecular complexity index is 541. The maximum absolute atomic E-state index is 10.4. The fourth-order valence-corrected chi connectivity index (χ4v) is 1.88. The van der Waals surface area contributed by atoms with Gasteiger partial charge in [-0.1, -0.05) is 24.3 Å². The lowest BCUT2D eigenvalue weighted by atomic mass is 10.1. The summed E-state index contributed by atoms with van der Waals surface area (Å²) in [7, 11) is -2.31. The third-order valence-corrected chi connectivity index (χ3v) is 2.83. The molecule has 0 fully saturated rings. The summed E-state index contributed by atoms with van der Waals surface area (Å²) in [4.78, 5) is 4.21. The van der Waals surface area contributed by atoms with E-state index in [1.807, 2.05) is 30.3 Å². The van der Waals surface area contributed by atoms with E-state index in [0.717, 1.165) is 16.5 Å². The van der Waals surface area contributed by atoms with E-state index >= 15 is 0 Å². The van der Waals surface area contributed by atoms with Crippen LogP contribution < -0.4 is 0 Å². The summed E-state index contributed by atoms with van der Waals surface area (Å²) in [6.07, 6.45) is 2.27. The van der Waals surface area contributed by atoms with Crippen LogP contribution in [0.5, 0.6) is 0 Å². The molecule has 0 bridgehead atoms. The number of nitrogens with zero attached hydrogens (tertiary/aromatic N) is 1. The van der Waals surface area contributed by atoms with Gasteiger partial charge in [0, 0.05) is 23.7 Å². The van der Waals surface area contributed by atoms with Gasteiger partial charge in [0.05, 0.1) is 5.75 Å². The van der Waals surface area contributed by atoms with E-state index in [9.17, 15) is 8.42 Å². The highest BCUT2D eigenvalue weighted by Gasteiger charge is 1.98. The van der Waals surface area contributed by atoms with E-state index in [1.54, 1.807) is 6.20 Å². The monoisotopic (exact) mass is 221 g/mol. The predicted octanol–water partition coefficient (Wildman–Crippen LogP) is 1.39. The van der Waals surface area contributed by atoms with Crippen LogP contribution in [0.2, 0.25) is 0 Å². The molecule has 3 nitrogen and oxygen atoms in total. The lowest BCUT2D eigenvalue weighted by molar-refractivity contribution is 0.613. The smallest absolute Gasteiger partial charge is 0.140 e. The number of benzene rings is 1. The van der Waals surface area contributed by atoms with Gasteiger partial charge in [-0.05, 0) is 11.5 Å². The van der Waals surface area contributed by atoms with Crippen molar-refractivity contribution in [1.82, 2.24) is 4.98 Å². The number of thiol groups is 1. The molecule has 2 aromatic rings. The standard InChI is InChI=1S/C11H11NO2S/c13-15(14)6-5-11-7-9-3-1-2-4-10(9)8-12-11/h1-4,7-8,15H,5-6H2. The van der Waals surface area contributed by atoms with Crippen LogP contribution in [-0.4, -0.2) is 19.2 Å². The van der Waals surface area contributed by atoms with Crippen LogP contribution in [0.15, 0.2) is 36.5 Å². The molecule has 2 rings (SSSR count). The second-order valence-corrected chi connectivity index (χ2v) is 4.44. The van der Waals surface area contributed by atoms with Crippen LogP contribution in [-0.2, 0) is 17.1 Å². The quantitative estimate of drug-likeness (QED) is 0.797. The summed E-state index contributed by atoms with van der Waals surface area (Å²) < 4.78 is 20.9. The zero-order valence-corrected chi connectivity index (χ0v) is 8.98. The minimum absolute atomic E-state index is 0.167. The van der Waals surface area contributed by atoms with Gasteiger partial charge in [0.25, 0.3) is 0 Å². The molecule has 0 radical (unpaired) electrons. The summed E-state index contributed by atoms with van der Waals surface area (Å²) in [5.74, 6) is 0.167. The second kappa shape index (κ2) is 4.40. The molecular weight excluding hydrogens is 210 g/mol. The zero-order chi connectivity index (χ0) is 10.7. The minimum atomic E-state index is -2.31. The molecule has 0 aliphatic carbocycles. The van der Waals surface area contributed by atoms with Gasteiger partial charge in [-0.25, -0.2) is 8.42 Å². The Kier molecular flexibility index (Phi) is 2.97. The van der Waals surface area contributed by atoms with Crippen molar-refractivity contribution in [2.45, 2.75) is 6.42 Å². The lowest BCUT2D eigenvalue weighted by Crippen LogP contribution is -1.96. The first-order valence-corrected chi connectivity index (χ1v) is 6.07. The van der Waals surface area contributed by atoms with Gasteiger partial charge in [0.1, 0.15) is 10.7 Å². The molecule has 0 saturated heterocycles. The van der Waals surface area contributed by atoms with Crippen LogP contribution in [0.3, 0.4) is 0 Å². The van der Waals surface area contributed by atoms with Crippen LogP contribution in [0.25, 0.3) is 10.8 Å². The maximum Gasteiger partial charge on any atom is 0.140 e. The number of pyridine rings is 1. The normalized spacial score (nSPS) is 11.0. The molecule has 1 heterocycles. The molecule has 1 aromatic heterocycles. The Hall–Kier alpha value is -1.42. The van der Waals surface area contributed by atoms with Gasteiger partial charge in [-0.3, -0.25) is 4.98 Å². The van der Waals surface area contributed by atoms with Gasteiger partial charge >= 0.3 is 0 Å². The van der Waals surface area contributed by atoms with Gasteiger partial charge in [0.15, 0.2) is 0 Å². The van der Waals surface area contributed by atoms with Crippen LogP contribution >= 0.6 is 0 Å². The van der Waals surface area contributed by atoms with Gasteiger partial charge in [-0.2, -0.15) is 0 Å². The fourth-order valence-electron chi connectivity index (χ4n) is 1.47. The number of hydrogen-bond donors (Lipinski definition) is 1. The fraction of sp³-hybridized carbons (Fsp3) is 0.182. The Morgan fingerprint density at radius 1 is 1.13 bits per heavy atom. The number of rotatable bonds is 3. The zero-order valence-electron chi connectivity index (χ0n) is 8.09. The molecule has 78 valence electrons. The van der Waals surface area contributed by atoms with E-state index < -0.39 is 10.7 Å². The van der Waals surface area contributed by atoms with Crippen molar-refractivity contribution in [2.75, 3.05) is 5.75 Å². The van der Waals surface area contributed by atoms with E-state index in [4.69, 9.17) is 0 Å². The molecule has 4 heteroatoms. The molecule has 0 saturated carbocycles. The molecule has 0 atom stereocenters. The average Bonchev–Trinajstić information content (AvgIpc) is 2.26. The first-order chi connectivity index (χ1) is 7.25. The molecule has 0 spiro atoms. The largest absolute Gasteiger partial charge is 0.261 e. The number of aromatic nitrogens is 1. The maximum atomic E-state index is 10.4. The van der Waals surface area contributed by atoms with Crippen molar-refractivity contribution < 1.29 is 8.42 Å². The Labute approximate surface area is 89.7 Å². The first kappa shape index (κ1) is 10.1. The summed E-state index contributed by atoms with van der Waals surface area (Å²) in [5.41, 5.74) is 0.827. The highest BCUT2D eigenvalue weighted by molar-refractivity contribution is 7.72. The van der Waals surface area contributed by atoms with E-state index in [2.05, 4.69) is 4.98 Å². The van der Waals surface area contributed by atoms with Crippen LogP contribution in [0.1, 0.15) is 5.69 Å². The Balaban J connectivity index is 2.30. The van der Waals surface area contributed by atoms with Crippen molar-refractivity contribution in [3.63, 3.8) is 0 Å². The van der Waals surface area contributed by atoms with Gasteiger partial charge in [0.2, 0.25) is 0 Å². The molecule has 1 aromatic carbocycles. The van der Waals surface area contributed by atoms with Crippen LogP contribution in [0.4, 0.5) is 0 Å². The first-order valence-electron chi connectivity index (χ1n) is 4.71. The SMILES string of the molecule is O=[SH](=O)CCc1cc2ccccc2cn1. The molecule has 15 heavy (non-hydrogen) atoms. The van der Waals surface area contributed by atoms with E-state index in [1.165, 1.54) is 0 Å². The topological polar surface area (TPSA) is 47.0 Å². The molecule has 0 unspecified atom stereocenters. The van der Waals surface area contributed by atoms with E-state index in [-0.39, 0.29) is 5.75 Å². The van der Waals surface area contributed by atoms with Crippen molar-refractivity contribution in [2.24, 2.45) is 0 Å². The number of aryl methyl sites for hydroxylation is 1. The van der Waals surface area contributed by atoms with E-state index in [0.29, 0.717) is 6.42 Å². The van der Waals surface area contributed by atoms with Crippen molar-refractivity contribution in [3.8, 4) is 0 Å². The Morgan fingerprint density at radius 2 is 1.87 bits per heavy atom. The third-order valence-electron chi connectivity index (χ3n) is 2.24. The van der Waals surface area contributed by atoms with Gasteiger partial charge in [-0.15, -0.1) is 0 Å². The summed E-state index contributed by atoms with van der Waals surface area (Å²) in [6.45, 7) is 0. The van der Waals surface area contributed by atoms with Crippen molar-refractivity contribution >= 4 is 21.5 Å². The predicted molar refractivity (Wildman–Crippen MR) is 60.6 cm³/mol. The minimum Gasteiger partial charge on any atom is -0.261 e. The molecule has 0 N–H and O–H groups in total. The third kappa shape index (κ3) is 2.53. The highest BCUT2D eigenvalue weighted by Crippen LogP contribution is 2.13. The highest BCUT2D eigenvalue weighted by atomic mass is 32.2. The molecule has 0 aliphatic heterocycles. The van der Waals surface area contributed by atoms with Crippen molar-refractivity contribution in [3.05, 3.63) is 42.2 Å². The second-order valence-electron chi connectivity index (χ2n) is 3.33. The molecule has 0 amide bonds. The lowest BCUT2D eigenvalue weighted by Gasteiger charge is -2.00. The number of hydrogen-bond acceptors (Lipinski definition) is 3. The summed E-state index contributed by atoms with van der Waals surface area (Å²) in [5, 5.41) is 2.18.